The van der Waals surface area contributed by atoms with Gasteiger partial charge in [0, 0.05) is 103 Å². The SMILES string of the molecule is Cc1ccc(N(c2ccccc2)c2ccc3c4ccc(N(c5ccc(C)cc5)c5ccc(C)cc5)cc4n(Cc4ccccc4Cn4c5cc(N(c6ccc(C)cc6)c6ccc(C)cc6)ccc5c5ccc(N(c6ccc(C)cc6)c6ccc(C)cc6)cc54)c3c2)cc1. The van der Waals surface area contributed by atoms with Gasteiger partial charge in [-0.3, -0.25) is 0 Å². The molecule has 0 aliphatic carbocycles. The molecule has 0 N–H and O–H groups in total. The molecule has 15 rings (SSSR count). The topological polar surface area (TPSA) is 22.8 Å². The molecule has 0 amide bonds. The Morgan fingerprint density at radius 3 is 0.591 bits per heavy atom. The highest BCUT2D eigenvalue weighted by atomic mass is 15.2. The number of para-hydroxylation sites is 1. The van der Waals surface area contributed by atoms with Gasteiger partial charge in [0.2, 0.25) is 0 Å². The van der Waals surface area contributed by atoms with E-state index in [1.165, 1.54) is 71.6 Å². The largest absolute Gasteiger partial charge is 0.336 e. The molecule has 6 heteroatoms. The molecule has 0 saturated heterocycles. The number of benzene rings is 13. The first-order valence-electron chi connectivity index (χ1n) is 32.4. The van der Waals surface area contributed by atoms with E-state index in [0.29, 0.717) is 13.1 Å². The van der Waals surface area contributed by atoms with Crippen molar-refractivity contribution in [3.05, 3.63) is 347 Å². The van der Waals surface area contributed by atoms with E-state index in [2.05, 4.69) is 374 Å². The van der Waals surface area contributed by atoms with Crippen molar-refractivity contribution in [2.24, 2.45) is 0 Å². The Labute approximate surface area is 546 Å². The second-order valence-electron chi connectivity index (χ2n) is 25.3. The van der Waals surface area contributed by atoms with Crippen molar-refractivity contribution in [1.82, 2.24) is 9.13 Å². The van der Waals surface area contributed by atoms with Crippen LogP contribution in [0.15, 0.2) is 297 Å². The molecule has 0 spiro atoms. The fourth-order valence-electron chi connectivity index (χ4n) is 13.5. The molecule has 13 aromatic carbocycles. The summed E-state index contributed by atoms with van der Waals surface area (Å²) in [5, 5.41) is 4.81. The maximum Gasteiger partial charge on any atom is 0.0515 e. The van der Waals surface area contributed by atoms with Gasteiger partial charge in [-0.05, 0) is 205 Å². The van der Waals surface area contributed by atoms with Gasteiger partial charge in [0.15, 0.2) is 0 Å². The van der Waals surface area contributed by atoms with Gasteiger partial charge in [-0.2, -0.15) is 0 Å². The van der Waals surface area contributed by atoms with Crippen LogP contribution >= 0.6 is 0 Å². The lowest BCUT2D eigenvalue weighted by Gasteiger charge is -2.26. The number of anilines is 12. The van der Waals surface area contributed by atoms with Crippen molar-refractivity contribution in [2.75, 3.05) is 19.6 Å². The molecule has 0 unspecified atom stereocenters. The summed E-state index contributed by atoms with van der Waals surface area (Å²) in [5.74, 6) is 0. The maximum atomic E-state index is 2.59. The standard InChI is InChI=1S/C87H74N6/c1-59-17-31-69(32-18-59)90(68-15-9-8-10-16-68)76-45-49-80-81-50-46-77(91(70-33-19-60(2)20-34-70)71-35-21-61(3)22-36-71)54-85(81)88(84(80)53-76)57-66-13-11-12-14-67(66)58-89-86-55-78(92(72-37-23-62(4)24-38-72)73-39-25-63(5)26-40-73)47-51-82(86)83-52-48-79(56-87(83)89)93(74-41-27-64(6)28-42-74)75-43-29-65(7)30-44-75/h8-56H,57-58H2,1-7H3. The van der Waals surface area contributed by atoms with Gasteiger partial charge in [0.05, 0.1) is 22.1 Å². The smallest absolute Gasteiger partial charge is 0.0515 e. The number of hydrogen-bond donors (Lipinski definition) is 0. The predicted octanol–water partition coefficient (Wildman–Crippen LogP) is 24.0. The van der Waals surface area contributed by atoms with Crippen molar-refractivity contribution in [2.45, 2.75) is 61.6 Å². The van der Waals surface area contributed by atoms with E-state index in [-0.39, 0.29) is 0 Å². The van der Waals surface area contributed by atoms with Crippen LogP contribution in [0.5, 0.6) is 0 Å². The van der Waals surface area contributed by atoms with Crippen LogP contribution in [-0.2, 0) is 13.1 Å². The third-order valence-corrected chi connectivity index (χ3v) is 18.5. The molecule has 2 aromatic heterocycles. The Morgan fingerprint density at radius 2 is 0.376 bits per heavy atom. The summed E-state index contributed by atoms with van der Waals surface area (Å²) in [7, 11) is 0. The first-order chi connectivity index (χ1) is 45.4. The summed E-state index contributed by atoms with van der Waals surface area (Å²) in [6.45, 7) is 16.3. The Kier molecular flexibility index (Phi) is 15.3. The molecule has 0 fully saturated rings. The minimum absolute atomic E-state index is 0.616. The van der Waals surface area contributed by atoms with E-state index in [0.717, 1.165) is 90.3 Å². The third kappa shape index (κ3) is 11.4. The molecule has 2 heterocycles. The van der Waals surface area contributed by atoms with E-state index in [4.69, 9.17) is 0 Å². The summed E-state index contributed by atoms with van der Waals surface area (Å²) < 4.78 is 5.17. The van der Waals surface area contributed by atoms with Crippen LogP contribution in [-0.4, -0.2) is 9.13 Å². The van der Waals surface area contributed by atoms with Crippen molar-refractivity contribution in [3.8, 4) is 0 Å². The van der Waals surface area contributed by atoms with E-state index in [1.54, 1.807) is 0 Å². The third-order valence-electron chi connectivity index (χ3n) is 18.5. The minimum atomic E-state index is 0.616. The van der Waals surface area contributed by atoms with Gasteiger partial charge >= 0.3 is 0 Å². The maximum absolute atomic E-state index is 2.59. The van der Waals surface area contributed by atoms with Gasteiger partial charge < -0.3 is 28.7 Å². The molecule has 0 radical (unpaired) electrons. The fraction of sp³-hybridized carbons (Fsp3) is 0.103. The zero-order valence-electron chi connectivity index (χ0n) is 53.9. The van der Waals surface area contributed by atoms with Crippen LogP contribution < -0.4 is 19.6 Å². The number of fused-ring (bicyclic) bond motifs is 6. The van der Waals surface area contributed by atoms with Crippen molar-refractivity contribution >= 4 is 112 Å². The molecule has 0 atom stereocenters. The quantitative estimate of drug-likeness (QED) is 0.0962. The van der Waals surface area contributed by atoms with Crippen molar-refractivity contribution < 1.29 is 0 Å². The zero-order chi connectivity index (χ0) is 63.3. The number of aromatic nitrogens is 2. The first kappa shape index (κ1) is 58.1. The molecule has 15 aromatic rings. The molecular weight excluding hydrogens is 1130 g/mol. The average Bonchev–Trinajstić information content (AvgIpc) is 1.61. The molecule has 452 valence electrons. The van der Waals surface area contributed by atoms with Crippen LogP contribution in [0.1, 0.15) is 50.1 Å². The van der Waals surface area contributed by atoms with E-state index >= 15 is 0 Å². The van der Waals surface area contributed by atoms with Crippen LogP contribution in [0.25, 0.3) is 43.6 Å². The van der Waals surface area contributed by atoms with Crippen LogP contribution in [0, 0.1) is 48.5 Å². The Hall–Kier alpha value is -11.3. The summed E-state index contributed by atoms with van der Waals surface area (Å²) in [4.78, 5) is 9.59. The van der Waals surface area contributed by atoms with Crippen LogP contribution in [0.3, 0.4) is 0 Å². The van der Waals surface area contributed by atoms with Crippen molar-refractivity contribution in [3.63, 3.8) is 0 Å². The van der Waals surface area contributed by atoms with Gasteiger partial charge in [-0.15, -0.1) is 0 Å². The minimum Gasteiger partial charge on any atom is -0.336 e. The van der Waals surface area contributed by atoms with Crippen LogP contribution in [0.2, 0.25) is 0 Å². The molecule has 6 nitrogen and oxygen atoms in total. The number of nitrogens with zero attached hydrogens (tertiary/aromatic N) is 6. The molecule has 0 bridgehead atoms. The number of rotatable bonds is 16. The second-order valence-corrected chi connectivity index (χ2v) is 25.3. The molecular formula is C87H74N6. The molecule has 0 saturated carbocycles. The Bertz CT molecular complexity index is 4890. The average molecular weight is 1200 g/mol. The second kappa shape index (κ2) is 24.5. The summed E-state index contributed by atoms with van der Waals surface area (Å²) >= 11 is 0. The predicted molar refractivity (Wildman–Crippen MR) is 395 cm³/mol. The fourth-order valence-corrected chi connectivity index (χ4v) is 13.5. The highest BCUT2D eigenvalue weighted by Gasteiger charge is 2.24. The van der Waals surface area contributed by atoms with Gasteiger partial charge in [-0.1, -0.05) is 191 Å². The van der Waals surface area contributed by atoms with E-state index in [1.807, 2.05) is 0 Å². The van der Waals surface area contributed by atoms with Gasteiger partial charge in [-0.25, -0.2) is 0 Å². The summed E-state index contributed by atoms with van der Waals surface area (Å²) in [6.07, 6.45) is 0. The van der Waals surface area contributed by atoms with E-state index in [9.17, 15) is 0 Å². The lowest BCUT2D eigenvalue weighted by Crippen LogP contribution is -2.12. The van der Waals surface area contributed by atoms with Crippen LogP contribution in [0.4, 0.5) is 68.2 Å². The lowest BCUT2D eigenvalue weighted by atomic mass is 10.1. The Balaban J connectivity index is 0.939. The zero-order valence-corrected chi connectivity index (χ0v) is 53.9. The number of hydrogen-bond acceptors (Lipinski definition) is 4. The highest BCUT2D eigenvalue weighted by Crippen LogP contribution is 2.45. The summed E-state index contributed by atoms with van der Waals surface area (Å²) in [5.41, 5.74) is 28.9. The first-order valence-corrected chi connectivity index (χ1v) is 32.4. The summed E-state index contributed by atoms with van der Waals surface area (Å²) in [6, 6.07) is 111. The van der Waals surface area contributed by atoms with Crippen molar-refractivity contribution in [1.29, 1.82) is 0 Å². The Morgan fingerprint density at radius 1 is 0.194 bits per heavy atom. The molecule has 93 heavy (non-hydrogen) atoms. The van der Waals surface area contributed by atoms with E-state index < -0.39 is 0 Å². The highest BCUT2D eigenvalue weighted by molar-refractivity contribution is 6.12. The lowest BCUT2D eigenvalue weighted by molar-refractivity contribution is 0.810. The monoisotopic (exact) mass is 1200 g/mol. The van der Waals surface area contributed by atoms with Gasteiger partial charge in [0.1, 0.15) is 0 Å². The molecule has 0 aliphatic rings. The van der Waals surface area contributed by atoms with Gasteiger partial charge in [0.25, 0.3) is 0 Å². The normalized spacial score (nSPS) is 11.5. The molecule has 0 aliphatic heterocycles. The number of aryl methyl sites for hydroxylation is 7.